The van der Waals surface area contributed by atoms with Crippen LogP contribution in [0, 0.1) is 6.92 Å². The van der Waals surface area contributed by atoms with E-state index in [4.69, 9.17) is 23.7 Å². The quantitative estimate of drug-likeness (QED) is 0.0285. The summed E-state index contributed by atoms with van der Waals surface area (Å²) < 4.78 is 29.3. The van der Waals surface area contributed by atoms with Gasteiger partial charge in [0.15, 0.2) is 6.29 Å². The molecule has 1 saturated heterocycles. The Bertz CT molecular complexity index is 1130. The van der Waals surface area contributed by atoms with Crippen LogP contribution in [0.4, 0.5) is 0 Å². The van der Waals surface area contributed by atoms with Gasteiger partial charge in [-0.2, -0.15) is 0 Å². The summed E-state index contributed by atoms with van der Waals surface area (Å²) in [5.74, 6) is -0.810. The summed E-state index contributed by atoms with van der Waals surface area (Å²) in [5, 5.41) is 0. The molecule has 0 spiro atoms. The Morgan fingerprint density at radius 2 is 1.09 bits per heavy atom. The topological polar surface area (TPSA) is 101 Å². The lowest BCUT2D eigenvalue weighted by Gasteiger charge is -2.19. The first-order chi connectivity index (χ1) is 27.3. The Morgan fingerprint density at radius 1 is 0.589 bits per heavy atom. The van der Waals surface area contributed by atoms with Crippen molar-refractivity contribution in [2.24, 2.45) is 0 Å². The first-order valence-corrected chi connectivity index (χ1v) is 22.7. The van der Waals surface area contributed by atoms with Gasteiger partial charge in [0.2, 0.25) is 0 Å². The van der Waals surface area contributed by atoms with Crippen molar-refractivity contribution in [2.75, 3.05) is 32.8 Å². The summed E-state index contributed by atoms with van der Waals surface area (Å²) in [6.45, 7) is 15.3. The van der Waals surface area contributed by atoms with Crippen molar-refractivity contribution in [3.05, 3.63) is 41.8 Å². The van der Waals surface area contributed by atoms with E-state index in [0.29, 0.717) is 32.5 Å². The Hall–Kier alpha value is -2.49. The van der Waals surface area contributed by atoms with Crippen LogP contribution < -0.4 is 0 Å². The predicted molar refractivity (Wildman–Crippen MR) is 225 cm³/mol. The number of hydrogen-bond donors (Lipinski definition) is 0. The number of likely N-dealkylation sites (tertiary alicyclic amines) is 1. The summed E-state index contributed by atoms with van der Waals surface area (Å²) >= 11 is 0. The van der Waals surface area contributed by atoms with Gasteiger partial charge in [0.05, 0.1) is 6.42 Å². The van der Waals surface area contributed by atoms with E-state index >= 15 is 0 Å². The van der Waals surface area contributed by atoms with Crippen LogP contribution in [-0.2, 0) is 51.3 Å². The van der Waals surface area contributed by atoms with Gasteiger partial charge >= 0.3 is 17.9 Å². The molecule has 1 aromatic carbocycles. The van der Waals surface area contributed by atoms with Crippen molar-refractivity contribution in [1.29, 1.82) is 0 Å². The third-order valence-corrected chi connectivity index (χ3v) is 10.5. The second-order valence-electron chi connectivity index (χ2n) is 15.9. The zero-order valence-corrected chi connectivity index (χ0v) is 35.9. The average molecular weight is 787 g/mol. The molecule has 0 saturated carbocycles. The van der Waals surface area contributed by atoms with Crippen LogP contribution in [0.2, 0.25) is 0 Å². The normalized spacial score (nSPS) is 13.7. The molecule has 0 bridgehead atoms. The highest BCUT2D eigenvalue weighted by atomic mass is 16.7. The summed E-state index contributed by atoms with van der Waals surface area (Å²) in [5.41, 5.74) is 2.32. The molecule has 0 aliphatic carbocycles. The van der Waals surface area contributed by atoms with Gasteiger partial charge in [-0.3, -0.25) is 14.4 Å². The molecular weight excluding hydrogens is 707 g/mol. The van der Waals surface area contributed by atoms with E-state index in [-0.39, 0.29) is 50.1 Å². The van der Waals surface area contributed by atoms with Crippen molar-refractivity contribution in [3.8, 4) is 0 Å². The molecule has 2 rings (SSSR count). The Labute approximate surface area is 341 Å². The second-order valence-corrected chi connectivity index (χ2v) is 15.9. The third kappa shape index (κ3) is 26.4. The summed E-state index contributed by atoms with van der Waals surface area (Å²) in [7, 11) is 0. The lowest BCUT2D eigenvalue weighted by atomic mass is 10.1. The number of carbonyl (C=O) groups excluding carboxylic acids is 3. The molecule has 1 heterocycles. The van der Waals surface area contributed by atoms with E-state index in [1.807, 2.05) is 18.2 Å². The first kappa shape index (κ1) is 49.7. The summed E-state index contributed by atoms with van der Waals surface area (Å²) in [6, 6.07) is 5.62. The maximum absolute atomic E-state index is 12.8. The highest BCUT2D eigenvalue weighted by molar-refractivity contribution is 5.71. The second kappa shape index (κ2) is 33.5. The summed E-state index contributed by atoms with van der Waals surface area (Å²) in [6.07, 6.45) is 23.7. The molecule has 1 aliphatic rings. The van der Waals surface area contributed by atoms with Crippen LogP contribution in [0.1, 0.15) is 198 Å². The highest BCUT2D eigenvalue weighted by Gasteiger charge is 2.19. The average Bonchev–Trinajstić information content (AvgIpc) is 3.71. The van der Waals surface area contributed by atoms with Gasteiger partial charge in [-0.05, 0) is 101 Å². The highest BCUT2D eigenvalue weighted by Crippen LogP contribution is 2.18. The fraction of sp³-hybridized carbons (Fsp3) is 0.787. The van der Waals surface area contributed by atoms with E-state index in [1.54, 1.807) is 0 Å². The van der Waals surface area contributed by atoms with E-state index in [9.17, 15) is 14.4 Å². The molecule has 1 radical (unpaired) electrons. The van der Waals surface area contributed by atoms with Gasteiger partial charge in [0, 0.05) is 32.5 Å². The van der Waals surface area contributed by atoms with Crippen LogP contribution in [0.3, 0.4) is 0 Å². The molecule has 1 aromatic rings. The first-order valence-electron chi connectivity index (χ1n) is 22.7. The molecule has 9 nitrogen and oxygen atoms in total. The van der Waals surface area contributed by atoms with Crippen LogP contribution in [0.5, 0.6) is 0 Å². The fourth-order valence-corrected chi connectivity index (χ4v) is 7.16. The zero-order valence-electron chi connectivity index (χ0n) is 35.9. The van der Waals surface area contributed by atoms with Gasteiger partial charge in [-0.25, -0.2) is 0 Å². The molecule has 9 heteroatoms. The van der Waals surface area contributed by atoms with Crippen molar-refractivity contribution < 1.29 is 38.1 Å². The minimum absolute atomic E-state index is 0.0914. The Balaban J connectivity index is 1.77. The van der Waals surface area contributed by atoms with E-state index in [2.05, 4.69) is 32.6 Å². The van der Waals surface area contributed by atoms with E-state index < -0.39 is 6.29 Å². The molecule has 1 unspecified atom stereocenters. The van der Waals surface area contributed by atoms with Crippen LogP contribution >= 0.6 is 0 Å². The van der Waals surface area contributed by atoms with Crippen LogP contribution in [0.25, 0.3) is 0 Å². The maximum atomic E-state index is 12.8. The van der Waals surface area contributed by atoms with Crippen LogP contribution in [-0.4, -0.2) is 68.0 Å². The number of carbonyl (C=O) groups is 3. The number of rotatable bonds is 36. The minimum Gasteiger partial charge on any atom is -0.462 e. The molecule has 0 amide bonds. The summed E-state index contributed by atoms with van der Waals surface area (Å²) in [4.78, 5) is 40.7. The third-order valence-electron chi connectivity index (χ3n) is 10.5. The van der Waals surface area contributed by atoms with Gasteiger partial charge < -0.3 is 28.6 Å². The SMILES string of the molecule is [CH2]c1cc(COC(=O)CCC(CCCCCC)OC(=O)CCCN2CCCC2)cc(COC(=O)CCC(OCCCCCCCC)OCCCCCCCC)c1. The van der Waals surface area contributed by atoms with Gasteiger partial charge in [-0.1, -0.05) is 116 Å². The van der Waals surface area contributed by atoms with Crippen molar-refractivity contribution in [3.63, 3.8) is 0 Å². The Kier molecular flexibility index (Phi) is 29.7. The molecule has 1 fully saturated rings. The lowest BCUT2D eigenvalue weighted by molar-refractivity contribution is -0.160. The molecular formula is C47H80NO8. The lowest BCUT2D eigenvalue weighted by Crippen LogP contribution is -2.23. The molecule has 1 aliphatic heterocycles. The van der Waals surface area contributed by atoms with E-state index in [1.165, 1.54) is 64.2 Å². The number of hydrogen-bond acceptors (Lipinski definition) is 9. The molecule has 0 aromatic heterocycles. The number of esters is 3. The standard InChI is InChI=1S/C47H80NO8/c1-5-8-11-14-16-21-33-52-47(53-34-22-17-15-12-9-6-2)29-28-45(50)55-39-42-36-40(4)35-41(37-42)38-54-44(49)27-26-43(24-18-13-10-7-3)56-46(51)25-23-32-48-30-19-20-31-48/h35-37,43,47H,4-34,38-39H2,1-3H3. The molecule has 0 N–H and O–H groups in total. The van der Waals surface area contributed by atoms with Crippen molar-refractivity contribution in [2.45, 2.75) is 207 Å². The molecule has 1 atom stereocenters. The van der Waals surface area contributed by atoms with Gasteiger partial charge in [-0.15, -0.1) is 0 Å². The number of benzene rings is 1. The number of nitrogens with zero attached hydrogens (tertiary/aromatic N) is 1. The molecule has 321 valence electrons. The van der Waals surface area contributed by atoms with Crippen LogP contribution in [0.15, 0.2) is 18.2 Å². The fourth-order valence-electron chi connectivity index (χ4n) is 7.16. The predicted octanol–water partition coefficient (Wildman–Crippen LogP) is 11.4. The maximum Gasteiger partial charge on any atom is 0.306 e. The number of ether oxygens (including phenoxy) is 5. The molecule has 56 heavy (non-hydrogen) atoms. The Morgan fingerprint density at radius 3 is 1.64 bits per heavy atom. The van der Waals surface area contributed by atoms with E-state index in [0.717, 1.165) is 101 Å². The van der Waals surface area contributed by atoms with Crippen molar-refractivity contribution >= 4 is 17.9 Å². The smallest absolute Gasteiger partial charge is 0.306 e. The largest absolute Gasteiger partial charge is 0.462 e. The monoisotopic (exact) mass is 787 g/mol. The number of unbranched alkanes of at least 4 members (excludes halogenated alkanes) is 13. The van der Waals surface area contributed by atoms with Crippen molar-refractivity contribution in [1.82, 2.24) is 4.90 Å². The zero-order chi connectivity index (χ0) is 40.5. The van der Waals surface area contributed by atoms with Gasteiger partial charge in [0.25, 0.3) is 0 Å². The minimum atomic E-state index is -0.411. The van der Waals surface area contributed by atoms with Gasteiger partial charge in [0.1, 0.15) is 19.3 Å².